The fraction of sp³-hybridized carbons (Fsp3) is 0.500. The van der Waals surface area contributed by atoms with E-state index >= 15 is 0 Å². The predicted molar refractivity (Wildman–Crippen MR) is 64.0 cm³/mol. The second-order valence-corrected chi connectivity index (χ2v) is 5.74. The second-order valence-electron chi connectivity index (χ2n) is 3.83. The number of hydrogen-bond donors (Lipinski definition) is 2. The Labute approximate surface area is 114 Å². The van der Waals surface area contributed by atoms with E-state index in [9.17, 15) is 21.6 Å². The summed E-state index contributed by atoms with van der Waals surface area (Å²) in [5.74, 6) is 0. The first-order chi connectivity index (χ1) is 9.22. The molecule has 0 aliphatic rings. The van der Waals surface area contributed by atoms with E-state index in [1.807, 2.05) is 0 Å². The van der Waals surface area contributed by atoms with Gasteiger partial charge in [0.2, 0.25) is 10.0 Å². The summed E-state index contributed by atoms with van der Waals surface area (Å²) in [7, 11) is -4.43. The van der Waals surface area contributed by atoms with Crippen LogP contribution in [-0.4, -0.2) is 48.7 Å². The average Bonchev–Trinajstić information content (AvgIpc) is 2.36. The number of aliphatic hydroxyl groups is 1. The van der Waals surface area contributed by atoms with Gasteiger partial charge in [-0.3, -0.25) is 4.98 Å². The van der Waals surface area contributed by atoms with Crippen molar-refractivity contribution in [1.82, 2.24) is 9.29 Å². The van der Waals surface area contributed by atoms with Gasteiger partial charge in [-0.05, 0) is 12.1 Å². The van der Waals surface area contributed by atoms with Crippen molar-refractivity contribution in [2.24, 2.45) is 5.73 Å². The predicted octanol–water partition coefficient (Wildman–Crippen LogP) is 0.0856. The normalized spacial score (nSPS) is 12.9. The molecular weight excluding hydrogens is 299 g/mol. The lowest BCUT2D eigenvalue weighted by Crippen LogP contribution is -2.41. The van der Waals surface area contributed by atoms with Crippen LogP contribution in [0.2, 0.25) is 0 Å². The summed E-state index contributed by atoms with van der Waals surface area (Å²) in [6.07, 6.45) is -3.42. The van der Waals surface area contributed by atoms with Crippen LogP contribution in [0.4, 0.5) is 13.2 Å². The monoisotopic (exact) mass is 313 g/mol. The first-order valence-electron chi connectivity index (χ1n) is 5.54. The minimum Gasteiger partial charge on any atom is -0.395 e. The molecule has 0 unspecified atom stereocenters. The quantitative estimate of drug-likeness (QED) is 0.775. The van der Waals surface area contributed by atoms with Crippen molar-refractivity contribution in [3.8, 4) is 0 Å². The van der Waals surface area contributed by atoms with Crippen molar-refractivity contribution in [2.45, 2.75) is 17.6 Å². The summed E-state index contributed by atoms with van der Waals surface area (Å²) >= 11 is 0. The van der Waals surface area contributed by atoms with E-state index in [1.54, 1.807) is 0 Å². The molecule has 0 bridgehead atoms. The molecule has 1 aromatic heterocycles. The van der Waals surface area contributed by atoms with Crippen LogP contribution in [-0.2, 0) is 16.6 Å². The van der Waals surface area contributed by atoms with E-state index in [0.29, 0.717) is 0 Å². The molecule has 0 atom stereocenters. The lowest BCUT2D eigenvalue weighted by molar-refractivity contribution is -0.136. The van der Waals surface area contributed by atoms with Crippen LogP contribution in [0.25, 0.3) is 0 Å². The van der Waals surface area contributed by atoms with Gasteiger partial charge in [0, 0.05) is 19.3 Å². The van der Waals surface area contributed by atoms with E-state index in [1.165, 1.54) is 12.3 Å². The second kappa shape index (κ2) is 6.48. The molecule has 1 rings (SSSR count). The van der Waals surface area contributed by atoms with Gasteiger partial charge in [-0.1, -0.05) is 0 Å². The largest absolute Gasteiger partial charge is 0.402 e. The maximum Gasteiger partial charge on any atom is 0.402 e. The topological polar surface area (TPSA) is 96.5 Å². The summed E-state index contributed by atoms with van der Waals surface area (Å²) in [5.41, 5.74) is 5.30. The zero-order chi connectivity index (χ0) is 15.4. The third kappa shape index (κ3) is 4.13. The molecule has 0 aromatic carbocycles. The van der Waals surface area contributed by atoms with Crippen molar-refractivity contribution in [1.29, 1.82) is 0 Å². The summed E-state index contributed by atoms with van der Waals surface area (Å²) < 4.78 is 61.8. The molecule has 20 heavy (non-hydrogen) atoms. The highest BCUT2D eigenvalue weighted by Crippen LogP contribution is 2.23. The zero-order valence-electron chi connectivity index (χ0n) is 10.3. The van der Waals surface area contributed by atoms with Gasteiger partial charge < -0.3 is 10.8 Å². The Bertz CT molecular complexity index is 548. The van der Waals surface area contributed by atoms with Crippen LogP contribution < -0.4 is 5.73 Å². The number of nitrogens with two attached hydrogens (primary N) is 1. The maximum absolute atomic E-state index is 12.4. The summed E-state index contributed by atoms with van der Waals surface area (Å²) in [6, 6.07) is 2.42. The van der Waals surface area contributed by atoms with Gasteiger partial charge in [0.25, 0.3) is 0 Å². The fourth-order valence-corrected chi connectivity index (χ4v) is 3.15. The van der Waals surface area contributed by atoms with Crippen LogP contribution in [0.15, 0.2) is 23.2 Å². The van der Waals surface area contributed by atoms with E-state index in [-0.39, 0.29) is 21.4 Å². The molecule has 10 heteroatoms. The molecule has 0 radical (unpaired) electrons. The van der Waals surface area contributed by atoms with Gasteiger partial charge >= 0.3 is 6.18 Å². The minimum absolute atomic E-state index is 0.0300. The number of pyridine rings is 1. The Kier molecular flexibility index (Phi) is 5.45. The van der Waals surface area contributed by atoms with Gasteiger partial charge in [0.05, 0.1) is 12.3 Å². The molecule has 0 saturated carbocycles. The number of aliphatic hydroxyl groups excluding tert-OH is 1. The average molecular weight is 313 g/mol. The number of sulfonamides is 1. The maximum atomic E-state index is 12.4. The van der Waals surface area contributed by atoms with Gasteiger partial charge in [-0.15, -0.1) is 0 Å². The molecule has 0 amide bonds. The molecule has 0 fully saturated rings. The van der Waals surface area contributed by atoms with Gasteiger partial charge in [-0.25, -0.2) is 8.42 Å². The number of nitrogens with zero attached hydrogens (tertiary/aromatic N) is 2. The van der Waals surface area contributed by atoms with Gasteiger partial charge in [0.1, 0.15) is 11.4 Å². The minimum atomic E-state index is -4.71. The lowest BCUT2D eigenvalue weighted by atomic mass is 10.3. The Morgan fingerprint density at radius 1 is 1.40 bits per heavy atom. The van der Waals surface area contributed by atoms with Crippen LogP contribution in [0.1, 0.15) is 5.69 Å². The van der Waals surface area contributed by atoms with Crippen LogP contribution in [0.3, 0.4) is 0 Å². The van der Waals surface area contributed by atoms with Gasteiger partial charge in [0.15, 0.2) is 0 Å². The Hall–Kier alpha value is -1.23. The Morgan fingerprint density at radius 2 is 2.05 bits per heavy atom. The number of halogens is 3. The van der Waals surface area contributed by atoms with Crippen LogP contribution >= 0.6 is 0 Å². The zero-order valence-corrected chi connectivity index (χ0v) is 11.2. The summed E-state index contributed by atoms with van der Waals surface area (Å²) in [6.45, 7) is -3.31. The molecule has 0 saturated heterocycles. The van der Waals surface area contributed by atoms with Crippen molar-refractivity contribution in [3.63, 3.8) is 0 Å². The molecule has 0 aliphatic heterocycles. The molecule has 114 valence electrons. The molecule has 0 spiro atoms. The fourth-order valence-electron chi connectivity index (χ4n) is 1.55. The third-order valence-electron chi connectivity index (χ3n) is 2.36. The molecular formula is C10H14F3N3O3S. The van der Waals surface area contributed by atoms with Crippen molar-refractivity contribution in [2.75, 3.05) is 19.7 Å². The van der Waals surface area contributed by atoms with Crippen molar-refractivity contribution < 1.29 is 26.7 Å². The number of rotatable bonds is 6. The van der Waals surface area contributed by atoms with E-state index in [0.717, 1.165) is 6.07 Å². The number of aromatic nitrogens is 1. The van der Waals surface area contributed by atoms with Crippen LogP contribution in [0, 0.1) is 0 Å². The third-order valence-corrected chi connectivity index (χ3v) is 4.28. The van der Waals surface area contributed by atoms with Crippen molar-refractivity contribution >= 4 is 10.0 Å². The molecule has 0 aliphatic carbocycles. The van der Waals surface area contributed by atoms with Gasteiger partial charge in [-0.2, -0.15) is 17.5 Å². The highest BCUT2D eigenvalue weighted by molar-refractivity contribution is 7.89. The van der Waals surface area contributed by atoms with E-state index in [2.05, 4.69) is 4.98 Å². The summed E-state index contributed by atoms with van der Waals surface area (Å²) in [4.78, 5) is 3.34. The first-order valence-corrected chi connectivity index (χ1v) is 6.98. The van der Waals surface area contributed by atoms with Crippen LogP contribution in [0.5, 0.6) is 0 Å². The number of hydrogen-bond acceptors (Lipinski definition) is 5. The first kappa shape index (κ1) is 16.8. The lowest BCUT2D eigenvalue weighted by Gasteiger charge is -2.23. The number of alkyl halides is 3. The Morgan fingerprint density at radius 3 is 2.55 bits per heavy atom. The molecule has 3 N–H and O–H groups in total. The Balaban J connectivity index is 3.22. The van der Waals surface area contributed by atoms with E-state index in [4.69, 9.17) is 10.8 Å². The standard InChI is InChI=1S/C10H14F3N3O3S/c11-10(12,13)7-16(4-5-17)20(18,19)9-2-1-3-15-8(9)6-14/h1-3,17H,4-7,14H2. The highest BCUT2D eigenvalue weighted by Gasteiger charge is 2.37. The highest BCUT2D eigenvalue weighted by atomic mass is 32.2. The molecule has 6 nitrogen and oxygen atoms in total. The molecule has 1 heterocycles. The van der Waals surface area contributed by atoms with Crippen molar-refractivity contribution in [3.05, 3.63) is 24.0 Å². The molecule has 1 aromatic rings. The SMILES string of the molecule is NCc1ncccc1S(=O)(=O)N(CCO)CC(F)(F)F. The summed E-state index contributed by atoms with van der Waals surface area (Å²) in [5, 5.41) is 8.76. The smallest absolute Gasteiger partial charge is 0.395 e. The van der Waals surface area contributed by atoms with E-state index < -0.39 is 35.9 Å².